The molecule has 1 heterocycles. The van der Waals surface area contributed by atoms with Gasteiger partial charge in [0.2, 0.25) is 0 Å². The van der Waals surface area contributed by atoms with E-state index in [0.29, 0.717) is 13.2 Å². The Hall–Kier alpha value is -1.67. The van der Waals surface area contributed by atoms with E-state index in [1.165, 1.54) is 6.92 Å². The topological polar surface area (TPSA) is 63.2 Å². The van der Waals surface area contributed by atoms with Gasteiger partial charge in [-0.05, 0) is 42.8 Å². The summed E-state index contributed by atoms with van der Waals surface area (Å²) in [6.45, 7) is 18.0. The van der Waals surface area contributed by atoms with Crippen molar-refractivity contribution in [2.45, 2.75) is 84.6 Å². The van der Waals surface area contributed by atoms with Crippen LogP contribution in [0.5, 0.6) is 5.75 Å². The van der Waals surface area contributed by atoms with Gasteiger partial charge in [0.1, 0.15) is 11.9 Å². The van der Waals surface area contributed by atoms with E-state index in [9.17, 15) is 4.79 Å². The van der Waals surface area contributed by atoms with E-state index in [1.54, 1.807) is 7.11 Å². The van der Waals surface area contributed by atoms with Crippen LogP contribution in [0, 0.1) is 11.8 Å². The highest BCUT2D eigenvalue weighted by molar-refractivity contribution is 6.74. The first-order valence-corrected chi connectivity index (χ1v) is 15.2. The van der Waals surface area contributed by atoms with Crippen LogP contribution >= 0.6 is 0 Å². The quantitative estimate of drug-likeness (QED) is 0.218. The summed E-state index contributed by atoms with van der Waals surface area (Å²) in [5.41, 5.74) is 0.968. The zero-order chi connectivity index (χ0) is 25.5. The molecular weight excluding hydrogens is 448 g/mol. The number of benzene rings is 1. The summed E-state index contributed by atoms with van der Waals surface area (Å²) >= 11 is 0. The highest BCUT2D eigenvalue weighted by atomic mass is 28.4. The highest BCUT2D eigenvalue weighted by Gasteiger charge is 2.38. The van der Waals surface area contributed by atoms with Gasteiger partial charge in [-0.3, -0.25) is 4.79 Å². The molecule has 6 nitrogen and oxygen atoms in total. The van der Waals surface area contributed by atoms with E-state index < -0.39 is 14.6 Å². The molecule has 2 rings (SSSR count). The standard InChI is InChI=1S/C27H44O6Si/c1-19(25-16-17-30-26(33-25)22-11-13-23(29-7)14-12-22)10-15-24(32-21(3)28)20(2)18-31-34(8,9)27(4,5)6/h10-15,19-20,24-26H,16-18H2,1-9H3/b15-10-/t19-,20+,24-,25+,26+/m0/s1. The molecule has 0 radical (unpaired) electrons. The molecule has 1 fully saturated rings. The van der Waals surface area contributed by atoms with Crippen molar-refractivity contribution in [1.82, 2.24) is 0 Å². The van der Waals surface area contributed by atoms with E-state index in [1.807, 2.05) is 30.3 Å². The van der Waals surface area contributed by atoms with E-state index in [-0.39, 0.29) is 35.1 Å². The van der Waals surface area contributed by atoms with Gasteiger partial charge in [-0.25, -0.2) is 0 Å². The number of rotatable bonds is 10. The first-order chi connectivity index (χ1) is 15.8. The molecule has 0 amide bonds. The molecule has 1 aromatic rings. The van der Waals surface area contributed by atoms with Crippen molar-refractivity contribution in [3.63, 3.8) is 0 Å². The van der Waals surface area contributed by atoms with Crippen LogP contribution < -0.4 is 4.74 Å². The van der Waals surface area contributed by atoms with Crippen LogP contribution in [-0.4, -0.2) is 46.8 Å². The minimum atomic E-state index is -1.88. The Bertz CT molecular complexity index is 798. The first-order valence-electron chi connectivity index (χ1n) is 12.2. The Morgan fingerprint density at radius 1 is 1.18 bits per heavy atom. The van der Waals surface area contributed by atoms with Crippen LogP contribution in [-0.2, 0) is 23.4 Å². The Morgan fingerprint density at radius 2 is 1.82 bits per heavy atom. The molecule has 0 bridgehead atoms. The lowest BCUT2D eigenvalue weighted by Crippen LogP contribution is -2.43. The van der Waals surface area contributed by atoms with E-state index >= 15 is 0 Å². The average molecular weight is 493 g/mol. The predicted molar refractivity (Wildman–Crippen MR) is 137 cm³/mol. The maximum atomic E-state index is 11.8. The third kappa shape index (κ3) is 8.22. The molecule has 192 valence electrons. The average Bonchev–Trinajstić information content (AvgIpc) is 2.79. The van der Waals surface area contributed by atoms with Crippen molar-refractivity contribution >= 4 is 14.3 Å². The van der Waals surface area contributed by atoms with E-state index in [0.717, 1.165) is 17.7 Å². The van der Waals surface area contributed by atoms with Gasteiger partial charge in [0.15, 0.2) is 14.6 Å². The molecule has 0 aromatic heterocycles. The van der Waals surface area contributed by atoms with Crippen LogP contribution in [0.25, 0.3) is 0 Å². The van der Waals surface area contributed by atoms with Crippen molar-refractivity contribution in [3.05, 3.63) is 42.0 Å². The Balaban J connectivity index is 2.02. The van der Waals surface area contributed by atoms with Crippen LogP contribution in [0.15, 0.2) is 36.4 Å². The van der Waals surface area contributed by atoms with Crippen molar-refractivity contribution < 1.29 is 28.2 Å². The van der Waals surface area contributed by atoms with Crippen molar-refractivity contribution in [2.24, 2.45) is 11.8 Å². The number of carbonyl (C=O) groups is 1. The molecule has 34 heavy (non-hydrogen) atoms. The molecule has 0 unspecified atom stereocenters. The zero-order valence-corrected chi connectivity index (χ0v) is 23.4. The van der Waals surface area contributed by atoms with Crippen molar-refractivity contribution in [3.8, 4) is 5.75 Å². The summed E-state index contributed by atoms with van der Waals surface area (Å²) in [5.74, 6) is 0.694. The summed E-state index contributed by atoms with van der Waals surface area (Å²) < 4.78 is 29.4. The Morgan fingerprint density at radius 3 is 2.38 bits per heavy atom. The first kappa shape index (κ1) is 28.6. The SMILES string of the molecule is COc1ccc([C@@H]2OCC[C@H]([C@@H](C)/C=C\[C@H](OC(C)=O)[C@H](C)CO[Si](C)(C)C(C)(C)C)O2)cc1. The largest absolute Gasteiger partial charge is 0.497 e. The molecule has 5 atom stereocenters. The zero-order valence-electron chi connectivity index (χ0n) is 22.4. The fourth-order valence-corrected chi connectivity index (χ4v) is 4.59. The minimum absolute atomic E-state index is 0.00821. The lowest BCUT2D eigenvalue weighted by atomic mass is 9.97. The molecule has 0 N–H and O–H groups in total. The maximum absolute atomic E-state index is 11.8. The number of hydrogen-bond donors (Lipinski definition) is 0. The second-order valence-electron chi connectivity index (χ2n) is 10.8. The Kier molecular flexibility index (Phi) is 10.4. The summed E-state index contributed by atoms with van der Waals surface area (Å²) in [6, 6.07) is 7.75. The number of ether oxygens (including phenoxy) is 4. The molecule has 7 heteroatoms. The fraction of sp³-hybridized carbons (Fsp3) is 0.667. The summed E-state index contributed by atoms with van der Waals surface area (Å²) in [7, 11) is -0.229. The highest BCUT2D eigenvalue weighted by Crippen LogP contribution is 2.37. The van der Waals surface area contributed by atoms with Gasteiger partial charge < -0.3 is 23.4 Å². The number of carbonyl (C=O) groups excluding carboxylic acids is 1. The van der Waals surface area contributed by atoms with Gasteiger partial charge in [0, 0.05) is 30.9 Å². The summed E-state index contributed by atoms with van der Waals surface area (Å²) in [6.07, 6.45) is 4.16. The van der Waals surface area contributed by atoms with Crippen LogP contribution in [0.1, 0.15) is 59.8 Å². The fourth-order valence-electron chi connectivity index (χ4n) is 3.48. The molecule has 1 aliphatic heterocycles. The molecule has 1 saturated heterocycles. The molecule has 1 aliphatic rings. The van der Waals surface area contributed by atoms with Gasteiger partial charge in [-0.15, -0.1) is 0 Å². The van der Waals surface area contributed by atoms with Gasteiger partial charge in [0.25, 0.3) is 0 Å². The van der Waals surface area contributed by atoms with Gasteiger partial charge in [-0.2, -0.15) is 0 Å². The smallest absolute Gasteiger partial charge is 0.303 e. The lowest BCUT2D eigenvalue weighted by Gasteiger charge is -2.37. The minimum Gasteiger partial charge on any atom is -0.497 e. The summed E-state index contributed by atoms with van der Waals surface area (Å²) in [4.78, 5) is 11.8. The van der Waals surface area contributed by atoms with E-state index in [2.05, 4.69) is 53.8 Å². The number of hydrogen-bond acceptors (Lipinski definition) is 6. The molecule has 0 aliphatic carbocycles. The van der Waals surface area contributed by atoms with Crippen molar-refractivity contribution in [1.29, 1.82) is 0 Å². The lowest BCUT2D eigenvalue weighted by molar-refractivity contribution is -0.224. The van der Waals surface area contributed by atoms with Crippen LogP contribution in [0.4, 0.5) is 0 Å². The molecular formula is C27H44O6Si. The second kappa shape index (κ2) is 12.3. The third-order valence-electron chi connectivity index (χ3n) is 6.92. The molecule has 0 saturated carbocycles. The second-order valence-corrected chi connectivity index (χ2v) is 15.6. The predicted octanol–water partition coefficient (Wildman–Crippen LogP) is 6.28. The maximum Gasteiger partial charge on any atom is 0.303 e. The van der Waals surface area contributed by atoms with E-state index in [4.69, 9.17) is 23.4 Å². The molecule has 0 spiro atoms. The number of esters is 1. The summed E-state index contributed by atoms with van der Waals surface area (Å²) in [5, 5.41) is 0.134. The van der Waals surface area contributed by atoms with Gasteiger partial charge in [0.05, 0.1) is 19.8 Å². The third-order valence-corrected chi connectivity index (χ3v) is 11.4. The van der Waals surface area contributed by atoms with Crippen LogP contribution in [0.2, 0.25) is 18.1 Å². The number of methoxy groups -OCH3 is 1. The van der Waals surface area contributed by atoms with Crippen molar-refractivity contribution in [2.75, 3.05) is 20.3 Å². The van der Waals surface area contributed by atoms with Crippen LogP contribution in [0.3, 0.4) is 0 Å². The monoisotopic (exact) mass is 492 g/mol. The molecule has 1 aromatic carbocycles. The Labute approximate surface area is 207 Å². The normalized spacial score (nSPS) is 22.3. The van der Waals surface area contributed by atoms with Gasteiger partial charge in [-0.1, -0.05) is 52.8 Å². The van der Waals surface area contributed by atoms with Gasteiger partial charge >= 0.3 is 5.97 Å².